The summed E-state index contributed by atoms with van der Waals surface area (Å²) >= 11 is 6.02. The molecule has 0 unspecified atom stereocenters. The van der Waals surface area contributed by atoms with E-state index in [0.29, 0.717) is 22.9 Å². The highest BCUT2D eigenvalue weighted by Crippen LogP contribution is 2.26. The van der Waals surface area contributed by atoms with Gasteiger partial charge < -0.3 is 10.1 Å². The van der Waals surface area contributed by atoms with Crippen LogP contribution in [0.2, 0.25) is 5.02 Å². The first-order valence-electron chi connectivity index (χ1n) is 6.78. The molecule has 0 saturated carbocycles. The predicted octanol–water partition coefficient (Wildman–Crippen LogP) is 3.30. The van der Waals surface area contributed by atoms with Crippen molar-refractivity contribution in [3.05, 3.63) is 64.7 Å². The normalized spacial score (nSPS) is 11.3. The molecule has 0 spiro atoms. The van der Waals surface area contributed by atoms with E-state index in [0.717, 1.165) is 5.56 Å². The summed E-state index contributed by atoms with van der Waals surface area (Å²) in [5.41, 5.74) is 1.46. The van der Waals surface area contributed by atoms with Crippen LogP contribution in [0.5, 0.6) is 5.75 Å². The van der Waals surface area contributed by atoms with E-state index in [9.17, 15) is 4.79 Å². The Morgan fingerprint density at radius 1 is 1.32 bits per heavy atom. The van der Waals surface area contributed by atoms with Crippen molar-refractivity contribution in [2.45, 2.75) is 19.6 Å². The second-order valence-electron chi connectivity index (χ2n) is 4.72. The molecule has 4 nitrogen and oxygen atoms in total. The van der Waals surface area contributed by atoms with Gasteiger partial charge in [0.1, 0.15) is 5.75 Å². The van der Waals surface area contributed by atoms with Crippen molar-refractivity contribution >= 4 is 17.5 Å². The van der Waals surface area contributed by atoms with Gasteiger partial charge in [-0.2, -0.15) is 5.26 Å². The molecule has 2 aromatic carbocycles. The van der Waals surface area contributed by atoms with Gasteiger partial charge in [0.25, 0.3) is 5.91 Å². The Kier molecular flexibility index (Phi) is 5.40. The smallest absolute Gasteiger partial charge is 0.261 e. The van der Waals surface area contributed by atoms with Gasteiger partial charge in [-0.05, 0) is 30.7 Å². The molecule has 112 valence electrons. The Hall–Kier alpha value is -2.51. The Morgan fingerprint density at radius 2 is 2.05 bits per heavy atom. The van der Waals surface area contributed by atoms with Crippen molar-refractivity contribution in [1.82, 2.24) is 5.32 Å². The molecule has 5 heteroatoms. The summed E-state index contributed by atoms with van der Waals surface area (Å²) in [6.45, 7) is 2.09. The first-order valence-corrected chi connectivity index (χ1v) is 7.16. The molecule has 1 atom stereocenters. The van der Waals surface area contributed by atoms with Crippen molar-refractivity contribution < 1.29 is 9.53 Å². The number of ether oxygens (including phenoxy) is 1. The van der Waals surface area contributed by atoms with Crippen LogP contribution >= 0.6 is 11.6 Å². The van der Waals surface area contributed by atoms with Gasteiger partial charge in [-0.3, -0.25) is 4.79 Å². The van der Waals surface area contributed by atoms with Crippen LogP contribution in [0.4, 0.5) is 0 Å². The number of halogens is 1. The molecule has 0 fully saturated rings. The topological polar surface area (TPSA) is 62.1 Å². The van der Waals surface area contributed by atoms with E-state index in [1.165, 1.54) is 6.07 Å². The second-order valence-corrected chi connectivity index (χ2v) is 5.13. The van der Waals surface area contributed by atoms with E-state index in [1.807, 2.05) is 36.4 Å². The molecular weight excluding hydrogens is 300 g/mol. The summed E-state index contributed by atoms with van der Waals surface area (Å²) < 4.78 is 5.54. The van der Waals surface area contributed by atoms with Crippen molar-refractivity contribution in [2.24, 2.45) is 0 Å². The molecular formula is C17H15ClN2O2. The average molecular weight is 315 g/mol. The summed E-state index contributed by atoms with van der Waals surface area (Å²) in [6, 6.07) is 16.3. The Morgan fingerprint density at radius 3 is 2.68 bits per heavy atom. The number of benzene rings is 2. The SMILES string of the molecule is C[C@@H](Oc1ccc(C#N)cc1Cl)C(=O)NCc1ccccc1. The lowest BCUT2D eigenvalue weighted by Gasteiger charge is -2.15. The van der Waals surface area contributed by atoms with Crippen molar-refractivity contribution in [2.75, 3.05) is 0 Å². The van der Waals surface area contributed by atoms with Crippen LogP contribution in [0.3, 0.4) is 0 Å². The molecule has 0 aliphatic heterocycles. The number of nitrogens with one attached hydrogen (secondary N) is 1. The van der Waals surface area contributed by atoms with Gasteiger partial charge in [0.15, 0.2) is 6.10 Å². The average Bonchev–Trinajstić information content (AvgIpc) is 2.55. The van der Waals surface area contributed by atoms with Crippen molar-refractivity contribution in [1.29, 1.82) is 5.26 Å². The largest absolute Gasteiger partial charge is 0.479 e. The fourth-order valence-electron chi connectivity index (χ4n) is 1.84. The molecule has 0 aliphatic carbocycles. The van der Waals surface area contributed by atoms with E-state index in [2.05, 4.69) is 5.32 Å². The maximum atomic E-state index is 12.0. The van der Waals surface area contributed by atoms with Crippen molar-refractivity contribution in [3.63, 3.8) is 0 Å². The Balaban J connectivity index is 1.93. The molecule has 0 saturated heterocycles. The number of amides is 1. The maximum absolute atomic E-state index is 12.0. The number of hydrogen-bond donors (Lipinski definition) is 1. The lowest BCUT2D eigenvalue weighted by atomic mass is 10.2. The van der Waals surface area contributed by atoms with Gasteiger partial charge in [-0.1, -0.05) is 41.9 Å². The maximum Gasteiger partial charge on any atom is 0.261 e. The number of nitrogens with zero attached hydrogens (tertiary/aromatic N) is 1. The number of carbonyl (C=O) groups excluding carboxylic acids is 1. The van der Waals surface area contributed by atoms with E-state index in [1.54, 1.807) is 19.1 Å². The lowest BCUT2D eigenvalue weighted by molar-refractivity contribution is -0.127. The van der Waals surface area contributed by atoms with E-state index in [4.69, 9.17) is 21.6 Å². The van der Waals surface area contributed by atoms with Crippen LogP contribution in [0.25, 0.3) is 0 Å². The molecule has 22 heavy (non-hydrogen) atoms. The number of hydrogen-bond acceptors (Lipinski definition) is 3. The monoisotopic (exact) mass is 314 g/mol. The summed E-state index contributed by atoms with van der Waals surface area (Å²) in [6.07, 6.45) is -0.686. The third-order valence-electron chi connectivity index (χ3n) is 3.04. The predicted molar refractivity (Wildman–Crippen MR) is 84.5 cm³/mol. The van der Waals surface area contributed by atoms with Crippen LogP contribution in [0.15, 0.2) is 48.5 Å². The summed E-state index contributed by atoms with van der Waals surface area (Å²) in [5, 5.41) is 11.9. The van der Waals surface area contributed by atoms with E-state index in [-0.39, 0.29) is 5.91 Å². The van der Waals surface area contributed by atoms with Gasteiger partial charge in [0, 0.05) is 6.54 Å². The zero-order valence-corrected chi connectivity index (χ0v) is 12.8. The summed E-state index contributed by atoms with van der Waals surface area (Å²) in [5.74, 6) is 0.146. The van der Waals surface area contributed by atoms with Crippen LogP contribution in [-0.2, 0) is 11.3 Å². The molecule has 2 aromatic rings. The number of rotatable bonds is 5. The zero-order chi connectivity index (χ0) is 15.9. The number of carbonyl (C=O) groups is 1. The minimum Gasteiger partial charge on any atom is -0.479 e. The van der Waals surface area contributed by atoms with Gasteiger partial charge in [0.2, 0.25) is 0 Å². The third-order valence-corrected chi connectivity index (χ3v) is 3.34. The highest BCUT2D eigenvalue weighted by atomic mass is 35.5. The fourth-order valence-corrected chi connectivity index (χ4v) is 2.06. The summed E-state index contributed by atoms with van der Waals surface area (Å²) in [7, 11) is 0. The highest BCUT2D eigenvalue weighted by Gasteiger charge is 2.16. The van der Waals surface area contributed by atoms with Gasteiger partial charge in [0.05, 0.1) is 16.7 Å². The zero-order valence-electron chi connectivity index (χ0n) is 12.0. The quantitative estimate of drug-likeness (QED) is 0.921. The third kappa shape index (κ3) is 4.24. The summed E-state index contributed by atoms with van der Waals surface area (Å²) in [4.78, 5) is 12.0. The van der Waals surface area contributed by atoms with E-state index < -0.39 is 6.10 Å². The Labute approximate surface area is 134 Å². The van der Waals surface area contributed by atoms with Gasteiger partial charge >= 0.3 is 0 Å². The number of nitriles is 1. The minimum absolute atomic E-state index is 0.232. The molecule has 0 aliphatic rings. The lowest BCUT2D eigenvalue weighted by Crippen LogP contribution is -2.35. The van der Waals surface area contributed by atoms with Gasteiger partial charge in [-0.25, -0.2) is 0 Å². The second kappa shape index (κ2) is 7.48. The molecule has 0 radical (unpaired) electrons. The molecule has 1 amide bonds. The molecule has 2 rings (SSSR count). The first kappa shape index (κ1) is 15.9. The van der Waals surface area contributed by atoms with Crippen LogP contribution < -0.4 is 10.1 Å². The van der Waals surface area contributed by atoms with Crippen molar-refractivity contribution in [3.8, 4) is 11.8 Å². The molecule has 0 heterocycles. The van der Waals surface area contributed by atoms with Gasteiger partial charge in [-0.15, -0.1) is 0 Å². The standard InChI is InChI=1S/C17H15ClN2O2/c1-12(17(21)20-11-13-5-3-2-4-6-13)22-16-8-7-14(10-19)9-15(16)18/h2-9,12H,11H2,1H3,(H,20,21)/t12-/m1/s1. The molecule has 1 N–H and O–H groups in total. The minimum atomic E-state index is -0.686. The fraction of sp³-hybridized carbons (Fsp3) is 0.176. The Bertz CT molecular complexity index is 696. The highest BCUT2D eigenvalue weighted by molar-refractivity contribution is 6.32. The van der Waals surface area contributed by atoms with Crippen LogP contribution in [0, 0.1) is 11.3 Å². The molecule has 0 aromatic heterocycles. The first-order chi connectivity index (χ1) is 10.6. The van der Waals surface area contributed by atoms with Crippen LogP contribution in [-0.4, -0.2) is 12.0 Å². The van der Waals surface area contributed by atoms with Crippen LogP contribution in [0.1, 0.15) is 18.1 Å². The molecule has 0 bridgehead atoms. The van der Waals surface area contributed by atoms with E-state index >= 15 is 0 Å².